The number of urea groups is 1. The van der Waals surface area contributed by atoms with Gasteiger partial charge in [0.1, 0.15) is 6.61 Å². The molecular weight excluding hydrogens is 346 g/mol. The molecule has 9 heteroatoms. The van der Waals surface area contributed by atoms with Crippen LogP contribution < -0.4 is 21.4 Å². The number of carbonyl (C=O) groups excluding carboxylic acids is 1. The molecule has 0 saturated heterocycles. The molecule has 0 aliphatic heterocycles. The lowest BCUT2D eigenvalue weighted by Crippen LogP contribution is -2.49. The van der Waals surface area contributed by atoms with Gasteiger partial charge in [-0.2, -0.15) is 10.1 Å². The van der Waals surface area contributed by atoms with Gasteiger partial charge in [-0.05, 0) is 30.7 Å². The highest BCUT2D eigenvalue weighted by Crippen LogP contribution is 2.24. The first-order chi connectivity index (χ1) is 13.0. The molecule has 2 amide bonds. The summed E-state index contributed by atoms with van der Waals surface area (Å²) in [6.45, 7) is 2.10. The van der Waals surface area contributed by atoms with Crippen LogP contribution in [0.2, 0.25) is 0 Å². The van der Waals surface area contributed by atoms with E-state index in [1.54, 1.807) is 29.2 Å². The Kier molecular flexibility index (Phi) is 5.34. The zero-order valence-electron chi connectivity index (χ0n) is 15.1. The molecule has 3 aromatic rings. The third-order valence-corrected chi connectivity index (χ3v) is 3.97. The Hall–Kier alpha value is -3.43. The number of hydrazine groups is 2. The number of carbonyl (C=O) groups is 1. The van der Waals surface area contributed by atoms with E-state index in [1.807, 2.05) is 37.3 Å². The van der Waals surface area contributed by atoms with Crippen molar-refractivity contribution < 1.29 is 9.53 Å². The van der Waals surface area contributed by atoms with Crippen LogP contribution in [-0.4, -0.2) is 32.9 Å². The predicted molar refractivity (Wildman–Crippen MR) is 101 cm³/mol. The van der Waals surface area contributed by atoms with Crippen molar-refractivity contribution in [3.8, 4) is 11.7 Å². The summed E-state index contributed by atoms with van der Waals surface area (Å²) in [5.41, 5.74) is 2.21. The highest BCUT2D eigenvalue weighted by Gasteiger charge is 2.19. The molecule has 0 atom stereocenters. The molecule has 0 radical (unpaired) electrons. The molecule has 1 aromatic carbocycles. The fourth-order valence-electron chi connectivity index (χ4n) is 2.54. The van der Waals surface area contributed by atoms with Crippen LogP contribution in [0, 0.1) is 6.92 Å². The van der Waals surface area contributed by atoms with Crippen molar-refractivity contribution in [2.75, 3.05) is 12.1 Å². The van der Waals surface area contributed by atoms with E-state index in [4.69, 9.17) is 16.4 Å². The van der Waals surface area contributed by atoms with Crippen molar-refractivity contribution in [3.63, 3.8) is 0 Å². The largest absolute Gasteiger partial charge is 0.473 e. The molecule has 2 aromatic heterocycles. The van der Waals surface area contributed by atoms with Crippen LogP contribution in [0.15, 0.2) is 54.9 Å². The fourth-order valence-corrected chi connectivity index (χ4v) is 2.54. The van der Waals surface area contributed by atoms with Crippen LogP contribution in [0.1, 0.15) is 11.1 Å². The maximum absolute atomic E-state index is 12.1. The standard InChI is InChI=1S/C18H21N7O2/c1-13-6-3-7-15(25(20)18(26)23(2)19)14(13)12-27-17-9-4-8-16(22-17)24-11-5-10-21-24/h3-11H,12,19-20H2,1-2H3. The van der Waals surface area contributed by atoms with Gasteiger partial charge >= 0.3 is 6.03 Å². The van der Waals surface area contributed by atoms with Gasteiger partial charge in [-0.1, -0.05) is 18.2 Å². The first-order valence-electron chi connectivity index (χ1n) is 8.23. The Bertz CT molecular complexity index is 925. The quantitative estimate of drug-likeness (QED) is 0.403. The number of nitrogens with two attached hydrogens (primary N) is 2. The summed E-state index contributed by atoms with van der Waals surface area (Å²) in [6, 6.07) is 12.2. The summed E-state index contributed by atoms with van der Waals surface area (Å²) >= 11 is 0. The zero-order valence-corrected chi connectivity index (χ0v) is 15.1. The number of ether oxygens (including phenoxy) is 1. The highest BCUT2D eigenvalue weighted by atomic mass is 16.5. The van der Waals surface area contributed by atoms with Crippen LogP contribution in [-0.2, 0) is 6.61 Å². The van der Waals surface area contributed by atoms with Crippen molar-refractivity contribution in [2.45, 2.75) is 13.5 Å². The summed E-state index contributed by atoms with van der Waals surface area (Å²) in [6.07, 6.45) is 3.48. The first kappa shape index (κ1) is 18.4. The lowest BCUT2D eigenvalue weighted by atomic mass is 10.1. The van der Waals surface area contributed by atoms with Crippen LogP contribution in [0.3, 0.4) is 0 Å². The summed E-state index contributed by atoms with van der Waals surface area (Å²) in [5, 5.41) is 6.07. The molecule has 0 fully saturated rings. The molecule has 0 aliphatic rings. The minimum Gasteiger partial charge on any atom is -0.473 e. The average molecular weight is 367 g/mol. The molecule has 140 valence electrons. The smallest absolute Gasteiger partial charge is 0.352 e. The SMILES string of the molecule is Cc1cccc(N(N)C(=O)N(C)N)c1COc1cccc(-n2cccn2)n1. The van der Waals surface area contributed by atoms with Gasteiger partial charge in [0.15, 0.2) is 5.82 Å². The minimum atomic E-state index is -0.541. The number of aromatic nitrogens is 3. The van der Waals surface area contributed by atoms with Gasteiger partial charge < -0.3 is 4.74 Å². The molecule has 0 spiro atoms. The van der Waals surface area contributed by atoms with Gasteiger partial charge in [0.25, 0.3) is 0 Å². The number of nitrogens with zero attached hydrogens (tertiary/aromatic N) is 5. The zero-order chi connectivity index (χ0) is 19.4. The lowest BCUT2D eigenvalue weighted by molar-refractivity contribution is 0.216. The molecule has 4 N–H and O–H groups in total. The Morgan fingerprint density at radius 1 is 1.19 bits per heavy atom. The van der Waals surface area contributed by atoms with Crippen molar-refractivity contribution >= 4 is 11.7 Å². The molecule has 0 saturated carbocycles. The lowest BCUT2D eigenvalue weighted by Gasteiger charge is -2.24. The van der Waals surface area contributed by atoms with Gasteiger partial charge in [0.2, 0.25) is 5.88 Å². The van der Waals surface area contributed by atoms with Crippen molar-refractivity contribution in [3.05, 3.63) is 66.0 Å². The number of benzene rings is 1. The Labute approximate surface area is 156 Å². The van der Waals surface area contributed by atoms with E-state index >= 15 is 0 Å². The average Bonchev–Trinajstić information content (AvgIpc) is 3.20. The summed E-state index contributed by atoms with van der Waals surface area (Å²) < 4.78 is 7.49. The van der Waals surface area contributed by atoms with E-state index in [0.717, 1.165) is 21.1 Å². The second-order valence-corrected chi connectivity index (χ2v) is 5.91. The third kappa shape index (κ3) is 4.05. The van der Waals surface area contributed by atoms with Crippen LogP contribution >= 0.6 is 0 Å². The van der Waals surface area contributed by atoms with Gasteiger partial charge in [0, 0.05) is 31.1 Å². The third-order valence-electron chi connectivity index (χ3n) is 3.97. The number of pyridine rings is 1. The number of aryl methyl sites for hydroxylation is 1. The van der Waals surface area contributed by atoms with E-state index < -0.39 is 6.03 Å². The predicted octanol–water partition coefficient (Wildman–Crippen LogP) is 1.76. The van der Waals surface area contributed by atoms with E-state index in [1.165, 1.54) is 7.05 Å². The van der Waals surface area contributed by atoms with Gasteiger partial charge in [-0.15, -0.1) is 0 Å². The Morgan fingerprint density at radius 3 is 2.67 bits per heavy atom. The van der Waals surface area contributed by atoms with Crippen molar-refractivity contribution in [1.29, 1.82) is 0 Å². The highest BCUT2D eigenvalue weighted by molar-refractivity contribution is 5.91. The summed E-state index contributed by atoms with van der Waals surface area (Å²) in [7, 11) is 1.43. The summed E-state index contributed by atoms with van der Waals surface area (Å²) in [5.74, 6) is 12.5. The molecule has 9 nitrogen and oxygen atoms in total. The van der Waals surface area contributed by atoms with Crippen molar-refractivity contribution in [1.82, 2.24) is 19.8 Å². The van der Waals surface area contributed by atoms with E-state index in [9.17, 15) is 4.79 Å². The first-order valence-corrected chi connectivity index (χ1v) is 8.23. The molecule has 0 aliphatic carbocycles. The second kappa shape index (κ2) is 7.85. The molecule has 3 rings (SSSR count). The monoisotopic (exact) mass is 367 g/mol. The summed E-state index contributed by atoms with van der Waals surface area (Å²) in [4.78, 5) is 16.5. The van der Waals surface area contributed by atoms with Crippen LogP contribution in [0.5, 0.6) is 5.88 Å². The maximum Gasteiger partial charge on any atom is 0.352 e. The number of anilines is 1. The van der Waals surface area contributed by atoms with Gasteiger partial charge in [-0.25, -0.2) is 26.2 Å². The number of rotatable bonds is 5. The van der Waals surface area contributed by atoms with Gasteiger partial charge in [-0.3, -0.25) is 5.01 Å². The van der Waals surface area contributed by atoms with Crippen LogP contribution in [0.25, 0.3) is 5.82 Å². The normalized spacial score (nSPS) is 10.5. The Morgan fingerprint density at radius 2 is 1.96 bits per heavy atom. The molecule has 0 bridgehead atoms. The molecule has 2 heterocycles. The molecule has 0 unspecified atom stereocenters. The maximum atomic E-state index is 12.1. The second-order valence-electron chi connectivity index (χ2n) is 5.91. The topological polar surface area (TPSA) is 116 Å². The minimum absolute atomic E-state index is 0.187. The van der Waals surface area contributed by atoms with Crippen molar-refractivity contribution in [2.24, 2.45) is 11.7 Å². The fraction of sp³-hybridized carbons (Fsp3) is 0.167. The molecule has 27 heavy (non-hydrogen) atoms. The van der Waals surface area contributed by atoms with E-state index in [0.29, 0.717) is 17.4 Å². The molecular formula is C18H21N7O2. The number of amides is 2. The van der Waals surface area contributed by atoms with Crippen LogP contribution in [0.4, 0.5) is 10.5 Å². The van der Waals surface area contributed by atoms with E-state index in [-0.39, 0.29) is 6.61 Å². The van der Waals surface area contributed by atoms with E-state index in [2.05, 4.69) is 10.1 Å². The Balaban J connectivity index is 1.82. The number of hydrogen-bond donors (Lipinski definition) is 2. The van der Waals surface area contributed by atoms with Gasteiger partial charge in [0.05, 0.1) is 5.69 Å². The number of hydrogen-bond acceptors (Lipinski definition) is 6.